The zero-order valence-electron chi connectivity index (χ0n) is 14.6. The van der Waals surface area contributed by atoms with Gasteiger partial charge in [-0.05, 0) is 55.0 Å². The Balaban J connectivity index is 1.31. The maximum absolute atomic E-state index is 13.0. The second-order valence-corrected chi connectivity index (χ2v) is 6.21. The average Bonchev–Trinajstić information content (AvgIpc) is 3.33. The van der Waals surface area contributed by atoms with Crippen LogP contribution in [0.5, 0.6) is 0 Å². The summed E-state index contributed by atoms with van der Waals surface area (Å²) < 4.78 is 20.6. The Morgan fingerprint density at radius 2 is 1.89 bits per heavy atom. The molecule has 0 aliphatic rings. The number of imidazole rings is 1. The van der Waals surface area contributed by atoms with E-state index in [0.717, 1.165) is 29.6 Å². The number of carbonyl (C=O) groups is 1. The van der Waals surface area contributed by atoms with Gasteiger partial charge in [0.2, 0.25) is 0 Å². The fourth-order valence-electron chi connectivity index (χ4n) is 2.96. The zero-order valence-corrected chi connectivity index (χ0v) is 14.6. The number of aromatic nitrogens is 2. The summed E-state index contributed by atoms with van der Waals surface area (Å²) in [4.78, 5) is 16.6. The minimum Gasteiger partial charge on any atom is -0.451 e. The standard InChI is InChI=1S/C21H18FN3O2/c22-16-8-6-15(7-9-16)19-10-11-20(27-19)21(26)23-12-3-13-25-14-24-17-4-1-2-5-18(17)25/h1-2,4-11,14H,3,12-13H2,(H,23,26). The third-order valence-corrected chi connectivity index (χ3v) is 4.35. The highest BCUT2D eigenvalue weighted by molar-refractivity contribution is 5.92. The molecule has 4 aromatic rings. The molecule has 1 N–H and O–H groups in total. The predicted octanol–water partition coefficient (Wildman–Crippen LogP) is 4.26. The summed E-state index contributed by atoms with van der Waals surface area (Å²) in [6.07, 6.45) is 2.59. The Morgan fingerprint density at radius 3 is 2.74 bits per heavy atom. The molecule has 0 spiro atoms. The molecule has 2 aromatic heterocycles. The highest BCUT2D eigenvalue weighted by Gasteiger charge is 2.12. The van der Waals surface area contributed by atoms with E-state index in [0.29, 0.717) is 12.3 Å². The molecule has 0 saturated carbocycles. The number of aryl methyl sites for hydroxylation is 1. The number of nitrogens with one attached hydrogen (secondary N) is 1. The van der Waals surface area contributed by atoms with Crippen molar-refractivity contribution in [3.8, 4) is 11.3 Å². The van der Waals surface area contributed by atoms with Crippen LogP contribution in [-0.2, 0) is 6.54 Å². The van der Waals surface area contributed by atoms with E-state index in [1.807, 2.05) is 30.6 Å². The van der Waals surface area contributed by atoms with E-state index >= 15 is 0 Å². The number of hydrogen-bond acceptors (Lipinski definition) is 3. The number of halogens is 1. The molecule has 2 aromatic carbocycles. The van der Waals surface area contributed by atoms with Crippen LogP contribution in [-0.4, -0.2) is 22.0 Å². The third kappa shape index (κ3) is 3.74. The van der Waals surface area contributed by atoms with Crippen LogP contribution in [0.3, 0.4) is 0 Å². The van der Waals surface area contributed by atoms with E-state index in [4.69, 9.17) is 4.42 Å². The summed E-state index contributed by atoms with van der Waals surface area (Å²) in [5.41, 5.74) is 2.77. The Morgan fingerprint density at radius 1 is 1.07 bits per heavy atom. The normalized spacial score (nSPS) is 11.0. The van der Waals surface area contributed by atoms with Crippen molar-refractivity contribution in [2.75, 3.05) is 6.54 Å². The molecule has 0 bridgehead atoms. The van der Waals surface area contributed by atoms with Crippen LogP contribution in [0.15, 0.2) is 71.4 Å². The number of rotatable bonds is 6. The lowest BCUT2D eigenvalue weighted by molar-refractivity contribution is 0.0926. The van der Waals surface area contributed by atoms with Crippen LogP contribution in [0.25, 0.3) is 22.4 Å². The van der Waals surface area contributed by atoms with Crippen LogP contribution in [0.1, 0.15) is 17.0 Å². The molecule has 0 fully saturated rings. The molecule has 136 valence electrons. The first-order valence-corrected chi connectivity index (χ1v) is 8.74. The van der Waals surface area contributed by atoms with Crippen LogP contribution < -0.4 is 5.32 Å². The molecule has 0 radical (unpaired) electrons. The van der Waals surface area contributed by atoms with Gasteiger partial charge >= 0.3 is 0 Å². The molecule has 2 heterocycles. The summed E-state index contributed by atoms with van der Waals surface area (Å²) in [5.74, 6) is 0.195. The first-order valence-electron chi connectivity index (χ1n) is 8.74. The fraction of sp³-hybridized carbons (Fsp3) is 0.143. The van der Waals surface area contributed by atoms with Crippen molar-refractivity contribution in [3.63, 3.8) is 0 Å². The fourth-order valence-corrected chi connectivity index (χ4v) is 2.96. The van der Waals surface area contributed by atoms with Gasteiger partial charge in [-0.3, -0.25) is 4.79 Å². The van der Waals surface area contributed by atoms with Crippen molar-refractivity contribution in [2.24, 2.45) is 0 Å². The molecule has 5 nitrogen and oxygen atoms in total. The number of nitrogens with zero attached hydrogens (tertiary/aromatic N) is 2. The molecule has 1 amide bonds. The van der Waals surface area contributed by atoms with Crippen LogP contribution in [0, 0.1) is 5.82 Å². The van der Waals surface area contributed by atoms with Crippen molar-refractivity contribution in [2.45, 2.75) is 13.0 Å². The number of furan rings is 1. The summed E-state index contributed by atoms with van der Waals surface area (Å²) in [5, 5.41) is 2.86. The molecule has 0 unspecified atom stereocenters. The van der Waals surface area contributed by atoms with E-state index in [2.05, 4.69) is 14.9 Å². The van der Waals surface area contributed by atoms with E-state index in [-0.39, 0.29) is 17.5 Å². The Labute approximate surface area is 155 Å². The van der Waals surface area contributed by atoms with Gasteiger partial charge in [0, 0.05) is 18.7 Å². The first-order chi connectivity index (χ1) is 13.2. The van der Waals surface area contributed by atoms with Gasteiger partial charge in [-0.15, -0.1) is 0 Å². The van der Waals surface area contributed by atoms with Gasteiger partial charge < -0.3 is 14.3 Å². The van der Waals surface area contributed by atoms with Crippen molar-refractivity contribution in [1.82, 2.24) is 14.9 Å². The van der Waals surface area contributed by atoms with Gasteiger partial charge in [0.05, 0.1) is 17.4 Å². The van der Waals surface area contributed by atoms with Crippen molar-refractivity contribution in [3.05, 3.63) is 78.6 Å². The van der Waals surface area contributed by atoms with Crippen LogP contribution in [0.2, 0.25) is 0 Å². The molecular formula is C21H18FN3O2. The smallest absolute Gasteiger partial charge is 0.287 e. The summed E-state index contributed by atoms with van der Waals surface area (Å²) in [7, 11) is 0. The quantitative estimate of drug-likeness (QED) is 0.521. The van der Waals surface area contributed by atoms with Gasteiger partial charge in [0.15, 0.2) is 5.76 Å². The minimum absolute atomic E-state index is 0.238. The van der Waals surface area contributed by atoms with Gasteiger partial charge in [0.1, 0.15) is 11.6 Å². The number of fused-ring (bicyclic) bond motifs is 1. The first kappa shape index (κ1) is 17.0. The van der Waals surface area contributed by atoms with Crippen molar-refractivity contribution in [1.29, 1.82) is 0 Å². The number of amides is 1. The number of carbonyl (C=O) groups excluding carboxylic acids is 1. The molecule has 0 aliphatic heterocycles. The number of benzene rings is 2. The zero-order chi connectivity index (χ0) is 18.6. The SMILES string of the molecule is O=C(NCCCn1cnc2ccccc21)c1ccc(-c2ccc(F)cc2)o1. The molecule has 4 rings (SSSR count). The van der Waals surface area contributed by atoms with Crippen molar-refractivity contribution >= 4 is 16.9 Å². The Kier molecular flexibility index (Phi) is 4.70. The third-order valence-electron chi connectivity index (χ3n) is 4.35. The summed E-state index contributed by atoms with van der Waals surface area (Å²) >= 11 is 0. The lowest BCUT2D eigenvalue weighted by Gasteiger charge is -2.05. The van der Waals surface area contributed by atoms with E-state index in [9.17, 15) is 9.18 Å². The van der Waals surface area contributed by atoms with E-state index < -0.39 is 0 Å². The lowest BCUT2D eigenvalue weighted by atomic mass is 10.2. The second-order valence-electron chi connectivity index (χ2n) is 6.21. The highest BCUT2D eigenvalue weighted by Crippen LogP contribution is 2.22. The van der Waals surface area contributed by atoms with Gasteiger partial charge in [-0.25, -0.2) is 9.37 Å². The maximum atomic E-state index is 13.0. The summed E-state index contributed by atoms with van der Waals surface area (Å²) in [6.45, 7) is 1.29. The van der Waals surface area contributed by atoms with E-state index in [1.165, 1.54) is 12.1 Å². The number of hydrogen-bond donors (Lipinski definition) is 1. The Hall–Kier alpha value is -3.41. The van der Waals surface area contributed by atoms with Gasteiger partial charge in [0.25, 0.3) is 5.91 Å². The molecule has 0 aliphatic carbocycles. The highest BCUT2D eigenvalue weighted by atomic mass is 19.1. The molecule has 27 heavy (non-hydrogen) atoms. The van der Waals surface area contributed by atoms with Crippen LogP contribution in [0.4, 0.5) is 4.39 Å². The lowest BCUT2D eigenvalue weighted by Crippen LogP contribution is -2.24. The largest absolute Gasteiger partial charge is 0.451 e. The minimum atomic E-state index is -0.311. The molecular weight excluding hydrogens is 345 g/mol. The molecule has 6 heteroatoms. The monoisotopic (exact) mass is 363 g/mol. The maximum Gasteiger partial charge on any atom is 0.287 e. The second kappa shape index (κ2) is 7.45. The Bertz CT molecular complexity index is 1070. The molecule has 0 saturated heterocycles. The average molecular weight is 363 g/mol. The predicted molar refractivity (Wildman–Crippen MR) is 101 cm³/mol. The topological polar surface area (TPSA) is 60.1 Å². The molecule has 0 atom stereocenters. The van der Waals surface area contributed by atoms with E-state index in [1.54, 1.807) is 24.3 Å². The van der Waals surface area contributed by atoms with Gasteiger partial charge in [-0.1, -0.05) is 12.1 Å². The van der Waals surface area contributed by atoms with Crippen molar-refractivity contribution < 1.29 is 13.6 Å². The summed E-state index contributed by atoms with van der Waals surface area (Å²) in [6, 6.07) is 17.2. The van der Waals surface area contributed by atoms with Crippen LogP contribution >= 0.6 is 0 Å². The van der Waals surface area contributed by atoms with Gasteiger partial charge in [-0.2, -0.15) is 0 Å². The number of para-hydroxylation sites is 2.